The third-order valence-corrected chi connectivity index (χ3v) is 4.20. The van der Waals surface area contributed by atoms with Crippen LogP contribution in [0.15, 0.2) is 24.4 Å². The van der Waals surface area contributed by atoms with Crippen LogP contribution >= 0.6 is 0 Å². The predicted octanol–water partition coefficient (Wildman–Crippen LogP) is -1.19. The van der Waals surface area contributed by atoms with E-state index in [0.717, 1.165) is 16.5 Å². The number of aromatic amines is 1. The topological polar surface area (TPSA) is 39.3 Å². The Kier molecular flexibility index (Phi) is 3.24. The molecular formula is C12H19B3N2O. The number of nitrogens with one attached hydrogen (secondary N) is 1. The Morgan fingerprint density at radius 2 is 2.00 bits per heavy atom. The van der Waals surface area contributed by atoms with Crippen molar-refractivity contribution in [3.05, 3.63) is 30.0 Å². The number of fused-ring (bicyclic) bond motifs is 1. The molecule has 0 aliphatic rings. The molecule has 1 aromatic carbocycles. The highest BCUT2D eigenvalue weighted by atomic mass is 16.3. The summed E-state index contributed by atoms with van der Waals surface area (Å²) in [5, 5.41) is 11.0. The third-order valence-electron chi connectivity index (χ3n) is 4.20. The number of nitrogens with zero attached hydrogens (tertiary/aromatic N) is 1. The summed E-state index contributed by atoms with van der Waals surface area (Å²) in [5.41, 5.74) is 2.15. The maximum Gasteiger partial charge on any atom is 0.125 e. The number of aromatic nitrogens is 1. The molecule has 1 heterocycles. The fourth-order valence-corrected chi connectivity index (χ4v) is 2.54. The van der Waals surface area contributed by atoms with Crippen LogP contribution in [0.2, 0.25) is 0 Å². The number of phenolic OH excluding ortho intramolecular Hbond substituents is 1. The summed E-state index contributed by atoms with van der Waals surface area (Å²) in [4.78, 5) is 5.46. The van der Waals surface area contributed by atoms with E-state index in [9.17, 15) is 5.11 Å². The van der Waals surface area contributed by atoms with Crippen LogP contribution in [0.5, 0.6) is 5.75 Å². The van der Waals surface area contributed by atoms with Crippen molar-refractivity contribution in [1.29, 1.82) is 0 Å². The van der Waals surface area contributed by atoms with Gasteiger partial charge < -0.3 is 15.0 Å². The average Bonchev–Trinajstić information content (AvgIpc) is 2.73. The van der Waals surface area contributed by atoms with Crippen molar-refractivity contribution in [2.24, 2.45) is 0 Å². The first-order valence-corrected chi connectivity index (χ1v) is 6.31. The number of hydrogen-bond donors (Lipinski definition) is 2. The van der Waals surface area contributed by atoms with Crippen molar-refractivity contribution >= 4 is 34.4 Å². The number of phenols is 1. The summed E-state index contributed by atoms with van der Waals surface area (Å²) in [6.45, 7) is 0. The lowest BCUT2D eigenvalue weighted by atomic mass is 9.43. The minimum absolute atomic E-state index is 0.0411. The standard InChI is InChI=1S/C12H19B3N2O/c1-17(2)11(13)12(14,15)7-6-16-8-4-3-5-9(18)10(7)8/h3-6,11,16,18H,13-15H2,1-2H3. The van der Waals surface area contributed by atoms with Gasteiger partial charge in [-0.1, -0.05) is 11.3 Å². The van der Waals surface area contributed by atoms with Crippen molar-refractivity contribution in [3.63, 3.8) is 0 Å². The number of rotatable bonds is 3. The van der Waals surface area contributed by atoms with E-state index in [1.807, 2.05) is 18.3 Å². The quantitative estimate of drug-likeness (QED) is 0.662. The van der Waals surface area contributed by atoms with Crippen LogP contribution in [0.25, 0.3) is 10.9 Å². The van der Waals surface area contributed by atoms with Gasteiger partial charge in [-0.3, -0.25) is 0 Å². The summed E-state index contributed by atoms with van der Waals surface area (Å²) in [6.07, 6.45) is 2.02. The fourth-order valence-electron chi connectivity index (χ4n) is 2.54. The van der Waals surface area contributed by atoms with Gasteiger partial charge in [-0.05, 0) is 37.7 Å². The normalized spacial score (nSPS) is 14.2. The van der Waals surface area contributed by atoms with Gasteiger partial charge >= 0.3 is 0 Å². The molecule has 2 N–H and O–H groups in total. The van der Waals surface area contributed by atoms with Crippen molar-refractivity contribution in [1.82, 2.24) is 9.88 Å². The van der Waals surface area contributed by atoms with Gasteiger partial charge in [-0.15, -0.1) is 0 Å². The Bertz CT molecular complexity index is 565. The number of H-pyrrole nitrogens is 1. The molecule has 92 valence electrons. The molecule has 0 aliphatic carbocycles. The first-order valence-electron chi connectivity index (χ1n) is 6.31. The monoisotopic (exact) mass is 240 g/mol. The fraction of sp³-hybridized carbons (Fsp3) is 0.333. The molecule has 0 spiro atoms. The van der Waals surface area contributed by atoms with Crippen LogP contribution in [0.1, 0.15) is 5.56 Å². The molecule has 0 fully saturated rings. The summed E-state index contributed by atoms with van der Waals surface area (Å²) in [5.74, 6) is 0.721. The number of benzene rings is 1. The second kappa shape index (κ2) is 4.43. The summed E-state index contributed by atoms with van der Waals surface area (Å²) in [6, 6.07) is 5.60. The summed E-state index contributed by atoms with van der Waals surface area (Å²) >= 11 is 0. The van der Waals surface area contributed by atoms with Crippen molar-refractivity contribution in [2.45, 2.75) is 11.2 Å². The minimum atomic E-state index is -0.0411. The Morgan fingerprint density at radius 3 is 2.61 bits per heavy atom. The van der Waals surface area contributed by atoms with E-state index in [1.54, 1.807) is 6.07 Å². The lowest BCUT2D eigenvalue weighted by Crippen LogP contribution is -2.49. The maximum absolute atomic E-state index is 10.1. The third kappa shape index (κ3) is 1.95. The second-order valence-electron chi connectivity index (χ2n) is 5.76. The SMILES string of the molecule is BC(N(C)C)C(B)(B)c1c[nH]c2cccc(O)c12. The molecule has 2 rings (SSSR count). The molecule has 1 aromatic heterocycles. The van der Waals surface area contributed by atoms with Crippen LogP contribution in [-0.2, 0) is 5.21 Å². The lowest BCUT2D eigenvalue weighted by molar-refractivity contribution is 0.351. The van der Waals surface area contributed by atoms with Crippen LogP contribution in [0.3, 0.4) is 0 Å². The molecule has 0 saturated heterocycles. The van der Waals surface area contributed by atoms with Crippen LogP contribution < -0.4 is 0 Å². The Morgan fingerprint density at radius 1 is 1.33 bits per heavy atom. The zero-order chi connectivity index (χ0) is 13.5. The van der Waals surface area contributed by atoms with Gasteiger partial charge in [-0.2, -0.15) is 0 Å². The minimum Gasteiger partial charge on any atom is -0.507 e. The smallest absolute Gasteiger partial charge is 0.125 e. The molecule has 0 saturated carbocycles. The predicted molar refractivity (Wildman–Crippen MR) is 84.7 cm³/mol. The van der Waals surface area contributed by atoms with Gasteiger partial charge in [-0.25, -0.2) is 0 Å². The van der Waals surface area contributed by atoms with Gasteiger partial charge in [0.25, 0.3) is 0 Å². The second-order valence-corrected chi connectivity index (χ2v) is 5.76. The van der Waals surface area contributed by atoms with E-state index in [2.05, 4.69) is 47.5 Å². The highest BCUT2D eigenvalue weighted by Crippen LogP contribution is 2.34. The van der Waals surface area contributed by atoms with E-state index in [1.165, 1.54) is 0 Å². The number of aromatic hydroxyl groups is 1. The average molecular weight is 240 g/mol. The van der Waals surface area contributed by atoms with Crippen molar-refractivity contribution in [3.8, 4) is 5.75 Å². The van der Waals surface area contributed by atoms with E-state index in [-0.39, 0.29) is 5.21 Å². The molecule has 6 heteroatoms. The van der Waals surface area contributed by atoms with Gasteiger partial charge in [0.2, 0.25) is 0 Å². The molecule has 18 heavy (non-hydrogen) atoms. The molecule has 1 atom stereocenters. The van der Waals surface area contributed by atoms with Crippen LogP contribution in [-0.4, -0.2) is 58.6 Å². The highest BCUT2D eigenvalue weighted by molar-refractivity contribution is 6.45. The van der Waals surface area contributed by atoms with Gasteiger partial charge in [0, 0.05) is 17.1 Å². The first-order chi connectivity index (χ1) is 8.35. The Hall–Kier alpha value is -1.29. The van der Waals surface area contributed by atoms with E-state index < -0.39 is 0 Å². The molecule has 3 nitrogen and oxygen atoms in total. The summed E-state index contributed by atoms with van der Waals surface area (Å²) < 4.78 is 0. The van der Waals surface area contributed by atoms with Crippen LogP contribution in [0, 0.1) is 0 Å². The molecule has 0 radical (unpaired) electrons. The Balaban J connectivity index is 2.61. The van der Waals surface area contributed by atoms with E-state index in [4.69, 9.17) is 0 Å². The van der Waals surface area contributed by atoms with Crippen molar-refractivity contribution in [2.75, 3.05) is 14.1 Å². The maximum atomic E-state index is 10.1. The van der Waals surface area contributed by atoms with Crippen molar-refractivity contribution < 1.29 is 5.11 Å². The first kappa shape index (κ1) is 13.2. The zero-order valence-corrected chi connectivity index (χ0v) is 11.8. The number of hydrogen-bond acceptors (Lipinski definition) is 2. The molecular weight excluding hydrogens is 221 g/mol. The molecule has 0 aliphatic heterocycles. The van der Waals surface area contributed by atoms with E-state index >= 15 is 0 Å². The van der Waals surface area contributed by atoms with E-state index in [0.29, 0.717) is 11.7 Å². The highest BCUT2D eigenvalue weighted by Gasteiger charge is 2.32. The molecule has 0 bridgehead atoms. The number of likely N-dealkylation sites (N-methyl/N-ethyl adjacent to an activating group) is 1. The molecule has 2 aromatic rings. The van der Waals surface area contributed by atoms with Gasteiger partial charge in [0.15, 0.2) is 0 Å². The van der Waals surface area contributed by atoms with Crippen LogP contribution in [0.4, 0.5) is 0 Å². The Labute approximate surface area is 111 Å². The lowest BCUT2D eigenvalue weighted by Gasteiger charge is -2.37. The molecule has 1 unspecified atom stereocenters. The van der Waals surface area contributed by atoms with Gasteiger partial charge in [0.05, 0.1) is 0 Å². The van der Waals surface area contributed by atoms with Gasteiger partial charge in [0.1, 0.15) is 29.3 Å². The summed E-state index contributed by atoms with van der Waals surface area (Å²) in [7, 11) is 10.8. The zero-order valence-electron chi connectivity index (χ0n) is 11.8. The largest absolute Gasteiger partial charge is 0.507 e. The molecule has 0 amide bonds.